The van der Waals surface area contributed by atoms with Crippen LogP contribution in [-0.4, -0.2) is 19.5 Å². The molecule has 0 fully saturated rings. The van der Waals surface area contributed by atoms with E-state index >= 15 is 0 Å². The Bertz CT molecular complexity index is 742. The van der Waals surface area contributed by atoms with Gasteiger partial charge in [0.1, 0.15) is 5.52 Å². The predicted octanol–water partition coefficient (Wildman–Crippen LogP) is 2.45. The molecule has 2 heterocycles. The van der Waals surface area contributed by atoms with Crippen LogP contribution >= 0.6 is 0 Å². The van der Waals surface area contributed by atoms with Gasteiger partial charge in [-0.15, -0.1) is 0 Å². The van der Waals surface area contributed by atoms with Crippen molar-refractivity contribution in [3.63, 3.8) is 0 Å². The molecule has 0 unspecified atom stereocenters. The van der Waals surface area contributed by atoms with Crippen molar-refractivity contribution in [1.82, 2.24) is 19.5 Å². The number of aryl methyl sites for hydroxylation is 1. The summed E-state index contributed by atoms with van der Waals surface area (Å²) >= 11 is 0. The van der Waals surface area contributed by atoms with Crippen molar-refractivity contribution in [2.24, 2.45) is 0 Å². The van der Waals surface area contributed by atoms with Crippen LogP contribution in [0.4, 0.5) is 5.95 Å². The molecule has 5 heteroatoms. The molecule has 0 saturated heterocycles. The van der Waals surface area contributed by atoms with Gasteiger partial charge in [0.15, 0.2) is 0 Å². The van der Waals surface area contributed by atoms with Gasteiger partial charge in [-0.3, -0.25) is 0 Å². The molecule has 0 bridgehead atoms. The van der Waals surface area contributed by atoms with Crippen LogP contribution < -0.4 is 5.73 Å². The summed E-state index contributed by atoms with van der Waals surface area (Å²) in [7, 11) is 0. The lowest BCUT2D eigenvalue weighted by atomic mass is 10.1. The molecule has 0 aliphatic carbocycles. The predicted molar refractivity (Wildman–Crippen MR) is 72.4 cm³/mol. The lowest BCUT2D eigenvalue weighted by Gasteiger charge is -2.10. The van der Waals surface area contributed by atoms with Crippen LogP contribution in [0, 0.1) is 6.92 Å². The molecule has 2 aromatic heterocycles. The highest BCUT2D eigenvalue weighted by molar-refractivity contribution is 6.03. The maximum atomic E-state index is 5.71. The fourth-order valence-electron chi connectivity index (χ4n) is 2.26. The average Bonchev–Trinajstić information content (AvgIpc) is 2.72. The van der Waals surface area contributed by atoms with Gasteiger partial charge in [-0.25, -0.2) is 15.0 Å². The Morgan fingerprint density at radius 1 is 1.28 bits per heavy atom. The van der Waals surface area contributed by atoms with E-state index in [2.05, 4.69) is 39.4 Å². The van der Waals surface area contributed by atoms with Crippen molar-refractivity contribution in [2.45, 2.75) is 26.8 Å². The molecule has 0 saturated carbocycles. The molecule has 18 heavy (non-hydrogen) atoms. The molecular formula is C13H15N5. The van der Waals surface area contributed by atoms with Gasteiger partial charge in [-0.05, 0) is 32.4 Å². The van der Waals surface area contributed by atoms with E-state index in [1.807, 2.05) is 13.3 Å². The Balaban J connectivity index is 2.55. The van der Waals surface area contributed by atoms with E-state index in [0.29, 0.717) is 12.0 Å². The van der Waals surface area contributed by atoms with Gasteiger partial charge < -0.3 is 10.3 Å². The van der Waals surface area contributed by atoms with E-state index in [4.69, 9.17) is 5.73 Å². The van der Waals surface area contributed by atoms with Crippen molar-refractivity contribution in [2.75, 3.05) is 5.73 Å². The Kier molecular flexibility index (Phi) is 2.23. The lowest BCUT2D eigenvalue weighted by Crippen LogP contribution is -2.01. The summed E-state index contributed by atoms with van der Waals surface area (Å²) in [6.45, 7) is 6.28. The number of fused-ring (bicyclic) bond motifs is 3. The second kappa shape index (κ2) is 3.66. The van der Waals surface area contributed by atoms with Crippen molar-refractivity contribution in [1.29, 1.82) is 0 Å². The fourth-order valence-corrected chi connectivity index (χ4v) is 2.26. The number of imidazole rings is 1. The van der Waals surface area contributed by atoms with Crippen LogP contribution in [0.2, 0.25) is 0 Å². The van der Waals surface area contributed by atoms with Gasteiger partial charge in [-0.2, -0.15) is 0 Å². The number of nitrogen functional groups attached to an aromatic ring is 1. The zero-order chi connectivity index (χ0) is 12.9. The van der Waals surface area contributed by atoms with Crippen LogP contribution in [0.25, 0.3) is 21.9 Å². The van der Waals surface area contributed by atoms with Crippen LogP contribution in [-0.2, 0) is 0 Å². The van der Waals surface area contributed by atoms with Gasteiger partial charge in [-0.1, -0.05) is 0 Å². The summed E-state index contributed by atoms with van der Waals surface area (Å²) in [5.74, 6) is 0.297. The molecule has 1 aromatic carbocycles. The molecule has 0 radical (unpaired) electrons. The second-order valence-corrected chi connectivity index (χ2v) is 4.80. The van der Waals surface area contributed by atoms with Gasteiger partial charge >= 0.3 is 0 Å². The van der Waals surface area contributed by atoms with Crippen molar-refractivity contribution < 1.29 is 0 Å². The minimum atomic E-state index is 0.297. The van der Waals surface area contributed by atoms with E-state index in [-0.39, 0.29) is 0 Å². The molecule has 0 aliphatic rings. The van der Waals surface area contributed by atoms with Crippen LogP contribution in [0.1, 0.15) is 25.5 Å². The maximum absolute atomic E-state index is 5.71. The van der Waals surface area contributed by atoms with E-state index in [0.717, 1.165) is 27.5 Å². The Morgan fingerprint density at radius 3 is 2.78 bits per heavy atom. The topological polar surface area (TPSA) is 69.6 Å². The first kappa shape index (κ1) is 11.0. The highest BCUT2D eigenvalue weighted by atomic mass is 15.1. The summed E-state index contributed by atoms with van der Waals surface area (Å²) in [4.78, 5) is 12.9. The number of hydrogen-bond donors (Lipinski definition) is 1. The zero-order valence-electron chi connectivity index (χ0n) is 10.7. The number of nitrogens with two attached hydrogens (primary N) is 1. The Morgan fingerprint density at radius 2 is 2.06 bits per heavy atom. The van der Waals surface area contributed by atoms with E-state index in [1.165, 1.54) is 0 Å². The lowest BCUT2D eigenvalue weighted by molar-refractivity contribution is 0.618. The minimum Gasteiger partial charge on any atom is -0.368 e. The maximum Gasteiger partial charge on any atom is 0.220 e. The highest BCUT2D eigenvalue weighted by Crippen LogP contribution is 2.28. The SMILES string of the molecule is Cc1cc2ncn(C(C)C)c2c2nc(N)ncc12. The van der Waals surface area contributed by atoms with Crippen LogP contribution in [0.5, 0.6) is 0 Å². The quantitative estimate of drug-likeness (QED) is 0.710. The number of benzene rings is 1. The monoisotopic (exact) mass is 241 g/mol. The fraction of sp³-hybridized carbons (Fsp3) is 0.308. The van der Waals surface area contributed by atoms with E-state index < -0.39 is 0 Å². The van der Waals surface area contributed by atoms with Crippen molar-refractivity contribution in [3.05, 3.63) is 24.2 Å². The third-order valence-corrected chi connectivity index (χ3v) is 3.19. The van der Waals surface area contributed by atoms with E-state index in [9.17, 15) is 0 Å². The number of hydrogen-bond acceptors (Lipinski definition) is 4. The number of anilines is 1. The normalized spacial score (nSPS) is 11.8. The van der Waals surface area contributed by atoms with Crippen LogP contribution in [0.3, 0.4) is 0 Å². The van der Waals surface area contributed by atoms with Gasteiger partial charge in [0.05, 0.1) is 17.4 Å². The Labute approximate surface area is 105 Å². The number of aromatic nitrogens is 4. The molecule has 0 amide bonds. The highest BCUT2D eigenvalue weighted by Gasteiger charge is 2.13. The summed E-state index contributed by atoms with van der Waals surface area (Å²) in [6.07, 6.45) is 3.64. The first-order valence-corrected chi connectivity index (χ1v) is 5.96. The summed E-state index contributed by atoms with van der Waals surface area (Å²) in [5, 5.41) is 1.03. The first-order valence-electron chi connectivity index (χ1n) is 5.96. The summed E-state index contributed by atoms with van der Waals surface area (Å²) < 4.78 is 2.11. The summed E-state index contributed by atoms with van der Waals surface area (Å²) in [5.41, 5.74) is 9.68. The molecule has 3 rings (SSSR count). The smallest absolute Gasteiger partial charge is 0.220 e. The third kappa shape index (κ3) is 1.44. The van der Waals surface area contributed by atoms with E-state index in [1.54, 1.807) is 6.20 Å². The number of rotatable bonds is 1. The molecule has 0 aliphatic heterocycles. The molecule has 3 aromatic rings. The van der Waals surface area contributed by atoms with Crippen molar-refractivity contribution in [3.8, 4) is 0 Å². The molecule has 0 spiro atoms. The zero-order valence-corrected chi connectivity index (χ0v) is 10.7. The van der Waals surface area contributed by atoms with Gasteiger partial charge in [0.25, 0.3) is 0 Å². The van der Waals surface area contributed by atoms with Gasteiger partial charge in [0, 0.05) is 17.6 Å². The van der Waals surface area contributed by atoms with Crippen LogP contribution in [0.15, 0.2) is 18.6 Å². The molecule has 0 atom stereocenters. The average molecular weight is 241 g/mol. The summed E-state index contributed by atoms with van der Waals surface area (Å²) in [6, 6.07) is 2.40. The Hall–Kier alpha value is -2.17. The molecular weight excluding hydrogens is 226 g/mol. The van der Waals surface area contributed by atoms with Crippen molar-refractivity contribution >= 4 is 27.9 Å². The molecule has 5 nitrogen and oxygen atoms in total. The second-order valence-electron chi connectivity index (χ2n) is 4.80. The van der Waals surface area contributed by atoms with Gasteiger partial charge in [0.2, 0.25) is 5.95 Å². The number of nitrogens with zero attached hydrogens (tertiary/aromatic N) is 4. The first-order chi connectivity index (χ1) is 8.58. The largest absolute Gasteiger partial charge is 0.368 e. The molecule has 92 valence electrons. The molecule has 2 N–H and O–H groups in total. The minimum absolute atomic E-state index is 0.297. The standard InChI is InChI=1S/C13H15N5/c1-7(2)18-6-16-10-4-8(3)9-5-15-13(14)17-11(9)12(10)18/h4-7H,1-3H3,(H2,14,15,17). The third-order valence-electron chi connectivity index (χ3n) is 3.19.